The predicted octanol–water partition coefficient (Wildman–Crippen LogP) is 4.61. The van der Waals surface area contributed by atoms with Crippen molar-refractivity contribution in [2.24, 2.45) is 0 Å². The smallest absolute Gasteiger partial charge is 0.123 e. The Bertz CT molecular complexity index is 595. The molecule has 2 rings (SSSR count). The van der Waals surface area contributed by atoms with Gasteiger partial charge >= 0.3 is 0 Å². The number of hydrogen-bond acceptors (Lipinski definition) is 1. The van der Waals surface area contributed by atoms with Crippen LogP contribution in [-0.4, -0.2) is 9.78 Å². The first-order valence-electron chi connectivity index (χ1n) is 6.95. The SMILES string of the molecule is CC(C)(C)c1cnn(-c2ccc(F)cc2)c1C(C)(C)C. The molecule has 0 aliphatic rings. The van der Waals surface area contributed by atoms with Gasteiger partial charge in [0, 0.05) is 5.41 Å². The van der Waals surface area contributed by atoms with Crippen molar-refractivity contribution >= 4 is 0 Å². The van der Waals surface area contributed by atoms with Gasteiger partial charge in [0.05, 0.1) is 17.6 Å². The van der Waals surface area contributed by atoms with Gasteiger partial charge in [-0.25, -0.2) is 9.07 Å². The average molecular weight is 274 g/mol. The minimum Gasteiger partial charge on any atom is -0.237 e. The zero-order valence-corrected chi connectivity index (χ0v) is 13.2. The molecule has 0 amide bonds. The van der Waals surface area contributed by atoms with Crippen LogP contribution >= 0.6 is 0 Å². The Morgan fingerprint density at radius 1 is 0.900 bits per heavy atom. The maximum absolute atomic E-state index is 13.1. The second kappa shape index (κ2) is 4.72. The van der Waals surface area contributed by atoms with Gasteiger partial charge in [0.25, 0.3) is 0 Å². The minimum atomic E-state index is -0.228. The summed E-state index contributed by atoms with van der Waals surface area (Å²) in [4.78, 5) is 0. The lowest BCUT2D eigenvalue weighted by atomic mass is 9.79. The summed E-state index contributed by atoms with van der Waals surface area (Å²) in [5, 5.41) is 4.54. The molecule has 0 saturated heterocycles. The van der Waals surface area contributed by atoms with Crippen molar-refractivity contribution in [1.82, 2.24) is 9.78 Å². The Balaban J connectivity index is 2.66. The topological polar surface area (TPSA) is 17.8 Å². The van der Waals surface area contributed by atoms with E-state index in [2.05, 4.69) is 46.6 Å². The molecule has 2 nitrogen and oxygen atoms in total. The van der Waals surface area contributed by atoms with Crippen LogP contribution in [0, 0.1) is 5.82 Å². The van der Waals surface area contributed by atoms with Crippen molar-refractivity contribution in [3.8, 4) is 5.69 Å². The first kappa shape index (κ1) is 14.8. The Morgan fingerprint density at radius 2 is 1.45 bits per heavy atom. The molecule has 2 aromatic rings. The third-order valence-electron chi connectivity index (χ3n) is 3.36. The van der Waals surface area contributed by atoms with Crippen LogP contribution in [0.5, 0.6) is 0 Å². The Kier molecular flexibility index (Phi) is 3.49. The third kappa shape index (κ3) is 2.77. The molecule has 1 aromatic carbocycles. The molecule has 0 fully saturated rings. The summed E-state index contributed by atoms with van der Waals surface area (Å²) in [7, 11) is 0. The van der Waals surface area contributed by atoms with Gasteiger partial charge in [-0.2, -0.15) is 5.10 Å². The lowest BCUT2D eigenvalue weighted by Crippen LogP contribution is -2.24. The minimum absolute atomic E-state index is 0.0287. The molecule has 1 aromatic heterocycles. The van der Waals surface area contributed by atoms with Crippen LogP contribution in [0.25, 0.3) is 5.69 Å². The number of hydrogen-bond donors (Lipinski definition) is 0. The highest BCUT2D eigenvalue weighted by Crippen LogP contribution is 2.35. The fourth-order valence-electron chi connectivity index (χ4n) is 2.40. The lowest BCUT2D eigenvalue weighted by Gasteiger charge is -2.27. The summed E-state index contributed by atoms with van der Waals surface area (Å²) < 4.78 is 15.0. The van der Waals surface area contributed by atoms with Crippen molar-refractivity contribution in [1.29, 1.82) is 0 Å². The van der Waals surface area contributed by atoms with E-state index in [0.29, 0.717) is 0 Å². The zero-order chi connectivity index (χ0) is 15.1. The van der Waals surface area contributed by atoms with Crippen LogP contribution in [0.4, 0.5) is 4.39 Å². The molecule has 3 heteroatoms. The molecule has 0 bridgehead atoms. The van der Waals surface area contributed by atoms with E-state index in [0.717, 1.165) is 5.69 Å². The standard InChI is InChI=1S/C17H23FN2/c1-16(2,3)14-11-19-20(15(14)17(4,5)6)13-9-7-12(18)8-10-13/h7-11H,1-6H3. The van der Waals surface area contributed by atoms with E-state index in [1.165, 1.54) is 23.4 Å². The normalized spacial score (nSPS) is 12.8. The van der Waals surface area contributed by atoms with E-state index in [9.17, 15) is 4.39 Å². The van der Waals surface area contributed by atoms with E-state index in [4.69, 9.17) is 0 Å². The molecule has 0 aliphatic heterocycles. The summed E-state index contributed by atoms with van der Waals surface area (Å²) in [6.07, 6.45) is 1.93. The second-order valence-electron chi connectivity index (χ2n) is 7.30. The molecule has 0 radical (unpaired) electrons. The molecule has 0 unspecified atom stereocenters. The zero-order valence-electron chi connectivity index (χ0n) is 13.2. The Morgan fingerprint density at radius 3 is 1.90 bits per heavy atom. The molecule has 108 valence electrons. The fourth-order valence-corrected chi connectivity index (χ4v) is 2.40. The maximum Gasteiger partial charge on any atom is 0.123 e. The van der Waals surface area contributed by atoms with Gasteiger partial charge in [0.1, 0.15) is 5.82 Å². The molecular formula is C17H23FN2. The van der Waals surface area contributed by atoms with Crippen molar-refractivity contribution in [2.75, 3.05) is 0 Å². The molecule has 0 saturated carbocycles. The van der Waals surface area contributed by atoms with Crippen molar-refractivity contribution in [3.63, 3.8) is 0 Å². The molecule has 0 aliphatic carbocycles. The molecule has 20 heavy (non-hydrogen) atoms. The second-order valence-corrected chi connectivity index (χ2v) is 7.30. The highest BCUT2D eigenvalue weighted by molar-refractivity contribution is 5.40. The van der Waals surface area contributed by atoms with Gasteiger partial charge in [-0.3, -0.25) is 0 Å². The molecule has 0 atom stereocenters. The largest absolute Gasteiger partial charge is 0.237 e. The highest BCUT2D eigenvalue weighted by atomic mass is 19.1. The average Bonchev–Trinajstić information content (AvgIpc) is 2.73. The Hall–Kier alpha value is -1.64. The third-order valence-corrected chi connectivity index (χ3v) is 3.36. The highest BCUT2D eigenvalue weighted by Gasteiger charge is 2.30. The van der Waals surface area contributed by atoms with Gasteiger partial charge in [-0.15, -0.1) is 0 Å². The first-order valence-corrected chi connectivity index (χ1v) is 6.95. The van der Waals surface area contributed by atoms with Crippen LogP contribution < -0.4 is 0 Å². The van der Waals surface area contributed by atoms with Crippen LogP contribution in [0.1, 0.15) is 52.8 Å². The number of halogens is 1. The van der Waals surface area contributed by atoms with E-state index in [1.807, 2.05) is 10.9 Å². The van der Waals surface area contributed by atoms with Crippen LogP contribution in [0.2, 0.25) is 0 Å². The summed E-state index contributed by atoms with van der Waals surface area (Å²) in [5.74, 6) is -0.228. The van der Waals surface area contributed by atoms with E-state index in [1.54, 1.807) is 12.1 Å². The summed E-state index contributed by atoms with van der Waals surface area (Å²) in [6, 6.07) is 6.48. The summed E-state index contributed by atoms with van der Waals surface area (Å²) >= 11 is 0. The van der Waals surface area contributed by atoms with E-state index in [-0.39, 0.29) is 16.6 Å². The van der Waals surface area contributed by atoms with Crippen molar-refractivity contribution in [2.45, 2.75) is 52.4 Å². The van der Waals surface area contributed by atoms with Gasteiger partial charge in [-0.05, 0) is 35.2 Å². The first-order chi connectivity index (χ1) is 9.10. The maximum atomic E-state index is 13.1. The number of nitrogens with zero attached hydrogens (tertiary/aromatic N) is 2. The number of aromatic nitrogens is 2. The lowest BCUT2D eigenvalue weighted by molar-refractivity contribution is 0.506. The molecule has 0 N–H and O–H groups in total. The van der Waals surface area contributed by atoms with E-state index < -0.39 is 0 Å². The quantitative estimate of drug-likeness (QED) is 0.742. The summed E-state index contributed by atoms with van der Waals surface area (Å²) in [6.45, 7) is 13.1. The van der Waals surface area contributed by atoms with Crippen LogP contribution in [0.15, 0.2) is 30.5 Å². The van der Waals surface area contributed by atoms with Gasteiger partial charge in [-0.1, -0.05) is 41.5 Å². The number of rotatable bonds is 1. The fraction of sp³-hybridized carbons (Fsp3) is 0.471. The Labute approximate surface area is 120 Å². The van der Waals surface area contributed by atoms with Crippen LogP contribution in [0.3, 0.4) is 0 Å². The van der Waals surface area contributed by atoms with Gasteiger partial charge in [0.2, 0.25) is 0 Å². The van der Waals surface area contributed by atoms with Gasteiger partial charge < -0.3 is 0 Å². The van der Waals surface area contributed by atoms with Crippen molar-refractivity contribution < 1.29 is 4.39 Å². The molecule has 0 spiro atoms. The van der Waals surface area contributed by atoms with Crippen molar-refractivity contribution in [3.05, 3.63) is 47.5 Å². The number of benzene rings is 1. The van der Waals surface area contributed by atoms with Crippen LogP contribution in [-0.2, 0) is 10.8 Å². The molecular weight excluding hydrogens is 251 g/mol. The van der Waals surface area contributed by atoms with E-state index >= 15 is 0 Å². The summed E-state index contributed by atoms with van der Waals surface area (Å²) in [5.41, 5.74) is 3.30. The monoisotopic (exact) mass is 274 g/mol. The predicted molar refractivity (Wildman–Crippen MR) is 80.9 cm³/mol. The van der Waals surface area contributed by atoms with Gasteiger partial charge in [0.15, 0.2) is 0 Å². The molecule has 1 heterocycles.